The van der Waals surface area contributed by atoms with Crippen LogP contribution in [-0.4, -0.2) is 34.2 Å². The molecule has 0 saturated heterocycles. The number of rotatable bonds is 5. The second-order valence-corrected chi connectivity index (χ2v) is 5.08. The van der Waals surface area contributed by atoms with E-state index in [2.05, 4.69) is 21.2 Å². The predicted molar refractivity (Wildman–Crippen MR) is 69.4 cm³/mol. The number of carbonyl (C=O) groups excluding carboxylic acids is 1. The average molecular weight is 316 g/mol. The smallest absolute Gasteiger partial charge is 0.306 e. The SMILES string of the molecule is CC(O)(CNC(=O)c1ccccc1Br)CC(=O)O. The number of amides is 1. The third-order valence-electron chi connectivity index (χ3n) is 2.28. The van der Waals surface area contributed by atoms with Crippen LogP contribution in [0.2, 0.25) is 0 Å². The topological polar surface area (TPSA) is 86.6 Å². The highest BCUT2D eigenvalue weighted by Crippen LogP contribution is 2.16. The zero-order chi connectivity index (χ0) is 13.8. The number of hydrogen-bond acceptors (Lipinski definition) is 3. The highest BCUT2D eigenvalue weighted by atomic mass is 79.9. The fourth-order valence-corrected chi connectivity index (χ4v) is 1.86. The summed E-state index contributed by atoms with van der Waals surface area (Å²) in [6.45, 7) is 1.24. The van der Waals surface area contributed by atoms with Crippen LogP contribution in [0.3, 0.4) is 0 Å². The van der Waals surface area contributed by atoms with Crippen molar-refractivity contribution in [3.63, 3.8) is 0 Å². The van der Waals surface area contributed by atoms with Crippen LogP contribution < -0.4 is 5.32 Å². The quantitative estimate of drug-likeness (QED) is 0.766. The van der Waals surface area contributed by atoms with Crippen LogP contribution >= 0.6 is 15.9 Å². The number of aliphatic hydroxyl groups is 1. The Balaban J connectivity index is 2.62. The number of nitrogens with one attached hydrogen (secondary N) is 1. The summed E-state index contributed by atoms with van der Waals surface area (Å²) < 4.78 is 0.639. The summed E-state index contributed by atoms with van der Waals surface area (Å²) in [5.41, 5.74) is -1.04. The lowest BCUT2D eigenvalue weighted by atomic mass is 10.0. The van der Waals surface area contributed by atoms with Gasteiger partial charge in [0.25, 0.3) is 5.91 Å². The predicted octanol–water partition coefficient (Wildman–Crippen LogP) is 1.40. The van der Waals surface area contributed by atoms with Gasteiger partial charge in [0.2, 0.25) is 0 Å². The van der Waals surface area contributed by atoms with E-state index in [0.29, 0.717) is 10.0 Å². The number of aliphatic carboxylic acids is 1. The number of hydrogen-bond donors (Lipinski definition) is 3. The summed E-state index contributed by atoms with van der Waals surface area (Å²) in [6, 6.07) is 6.85. The molecular formula is C12H14BrNO4. The molecule has 6 heteroatoms. The molecular weight excluding hydrogens is 302 g/mol. The summed E-state index contributed by atoms with van der Waals surface area (Å²) in [6.07, 6.45) is -0.427. The lowest BCUT2D eigenvalue weighted by Gasteiger charge is -2.21. The van der Waals surface area contributed by atoms with E-state index in [1.54, 1.807) is 24.3 Å². The Morgan fingerprint density at radius 2 is 2.00 bits per heavy atom. The molecule has 98 valence electrons. The normalized spacial score (nSPS) is 13.7. The Bertz CT molecular complexity index is 459. The molecule has 1 aromatic rings. The zero-order valence-corrected chi connectivity index (χ0v) is 11.4. The molecule has 1 atom stereocenters. The van der Waals surface area contributed by atoms with Gasteiger partial charge < -0.3 is 15.5 Å². The number of carboxylic acids is 1. The Hall–Kier alpha value is -1.40. The number of carbonyl (C=O) groups is 2. The van der Waals surface area contributed by atoms with E-state index in [0.717, 1.165) is 0 Å². The third kappa shape index (κ3) is 4.46. The minimum absolute atomic E-state index is 0.126. The van der Waals surface area contributed by atoms with Gasteiger partial charge in [0, 0.05) is 11.0 Å². The van der Waals surface area contributed by atoms with Gasteiger partial charge in [-0.2, -0.15) is 0 Å². The molecule has 0 spiro atoms. The van der Waals surface area contributed by atoms with Crippen molar-refractivity contribution in [1.29, 1.82) is 0 Å². The van der Waals surface area contributed by atoms with Crippen molar-refractivity contribution in [2.75, 3.05) is 6.54 Å². The molecule has 1 amide bonds. The van der Waals surface area contributed by atoms with Crippen molar-refractivity contribution in [1.82, 2.24) is 5.32 Å². The van der Waals surface area contributed by atoms with Crippen LogP contribution in [0, 0.1) is 0 Å². The molecule has 3 N–H and O–H groups in total. The van der Waals surface area contributed by atoms with Crippen LogP contribution in [0.1, 0.15) is 23.7 Å². The molecule has 18 heavy (non-hydrogen) atoms. The van der Waals surface area contributed by atoms with E-state index in [1.807, 2.05) is 0 Å². The van der Waals surface area contributed by atoms with Crippen LogP contribution in [0.5, 0.6) is 0 Å². The van der Waals surface area contributed by atoms with Gasteiger partial charge in [-0.25, -0.2) is 0 Å². The molecule has 5 nitrogen and oxygen atoms in total. The van der Waals surface area contributed by atoms with E-state index < -0.39 is 18.0 Å². The zero-order valence-electron chi connectivity index (χ0n) is 9.81. The summed E-state index contributed by atoms with van der Waals surface area (Å²) in [5.74, 6) is -1.48. The standard InChI is InChI=1S/C12H14BrNO4/c1-12(18,6-10(15)16)7-14-11(17)8-4-2-3-5-9(8)13/h2-5,18H,6-7H2,1H3,(H,14,17)(H,15,16). The number of carboxylic acid groups (broad SMARTS) is 1. The first-order valence-corrected chi connectivity index (χ1v) is 6.08. The van der Waals surface area contributed by atoms with Crippen molar-refractivity contribution in [2.24, 2.45) is 0 Å². The van der Waals surface area contributed by atoms with Gasteiger partial charge in [0.1, 0.15) is 0 Å². The van der Waals surface area contributed by atoms with E-state index in [4.69, 9.17) is 5.11 Å². The summed E-state index contributed by atoms with van der Waals surface area (Å²) in [4.78, 5) is 22.3. The number of benzene rings is 1. The van der Waals surface area contributed by atoms with Gasteiger partial charge in [0.15, 0.2) is 0 Å². The summed E-state index contributed by atoms with van der Waals surface area (Å²) >= 11 is 3.24. The molecule has 0 aliphatic carbocycles. The molecule has 1 rings (SSSR count). The van der Waals surface area contributed by atoms with Crippen molar-refractivity contribution < 1.29 is 19.8 Å². The van der Waals surface area contributed by atoms with Crippen LogP contribution in [0.15, 0.2) is 28.7 Å². The van der Waals surface area contributed by atoms with Gasteiger partial charge in [0.05, 0.1) is 17.6 Å². The molecule has 1 aromatic carbocycles. The lowest BCUT2D eigenvalue weighted by molar-refractivity contribution is -0.141. The van der Waals surface area contributed by atoms with Gasteiger partial charge in [-0.3, -0.25) is 9.59 Å². The Kier molecular flexibility index (Phi) is 4.86. The van der Waals surface area contributed by atoms with E-state index in [-0.39, 0.29) is 12.5 Å². The van der Waals surface area contributed by atoms with Crippen LogP contribution in [0.25, 0.3) is 0 Å². The second-order valence-electron chi connectivity index (χ2n) is 4.23. The fourth-order valence-electron chi connectivity index (χ4n) is 1.40. The van der Waals surface area contributed by atoms with E-state index in [1.165, 1.54) is 6.92 Å². The van der Waals surface area contributed by atoms with Gasteiger partial charge >= 0.3 is 5.97 Å². The highest BCUT2D eigenvalue weighted by Gasteiger charge is 2.25. The van der Waals surface area contributed by atoms with Crippen LogP contribution in [-0.2, 0) is 4.79 Å². The third-order valence-corrected chi connectivity index (χ3v) is 2.97. The second kappa shape index (κ2) is 5.97. The molecule has 0 aromatic heterocycles. The molecule has 0 aliphatic heterocycles. The number of halogens is 1. The van der Waals surface area contributed by atoms with Crippen molar-refractivity contribution in [3.8, 4) is 0 Å². The average Bonchev–Trinajstić information content (AvgIpc) is 2.25. The van der Waals surface area contributed by atoms with E-state index in [9.17, 15) is 14.7 Å². The fraction of sp³-hybridized carbons (Fsp3) is 0.333. The molecule has 0 radical (unpaired) electrons. The highest BCUT2D eigenvalue weighted by molar-refractivity contribution is 9.10. The summed E-state index contributed by atoms with van der Waals surface area (Å²) in [5, 5.41) is 20.8. The Morgan fingerprint density at radius 1 is 1.39 bits per heavy atom. The molecule has 0 saturated carbocycles. The van der Waals surface area contributed by atoms with Crippen molar-refractivity contribution in [2.45, 2.75) is 18.9 Å². The van der Waals surface area contributed by atoms with E-state index >= 15 is 0 Å². The maximum Gasteiger partial charge on any atom is 0.306 e. The molecule has 0 aliphatic rings. The Labute approximate surface area is 113 Å². The minimum Gasteiger partial charge on any atom is -0.481 e. The first-order valence-electron chi connectivity index (χ1n) is 5.29. The van der Waals surface area contributed by atoms with Gasteiger partial charge in [-0.15, -0.1) is 0 Å². The molecule has 0 heterocycles. The van der Waals surface area contributed by atoms with Gasteiger partial charge in [-0.05, 0) is 35.0 Å². The maximum atomic E-state index is 11.8. The maximum absolute atomic E-state index is 11.8. The molecule has 0 fully saturated rings. The first-order chi connectivity index (χ1) is 8.32. The van der Waals surface area contributed by atoms with Crippen molar-refractivity contribution >= 4 is 27.8 Å². The first kappa shape index (κ1) is 14.7. The Morgan fingerprint density at radius 3 is 2.56 bits per heavy atom. The lowest BCUT2D eigenvalue weighted by Crippen LogP contribution is -2.42. The summed E-state index contributed by atoms with van der Waals surface area (Å²) in [7, 11) is 0. The van der Waals surface area contributed by atoms with Gasteiger partial charge in [-0.1, -0.05) is 12.1 Å². The van der Waals surface area contributed by atoms with Crippen molar-refractivity contribution in [3.05, 3.63) is 34.3 Å². The molecule has 1 unspecified atom stereocenters. The molecule has 0 bridgehead atoms. The largest absolute Gasteiger partial charge is 0.481 e. The monoisotopic (exact) mass is 315 g/mol. The van der Waals surface area contributed by atoms with Crippen LogP contribution in [0.4, 0.5) is 0 Å². The minimum atomic E-state index is -1.47.